The number of ether oxygens (including phenoxy) is 3. The summed E-state index contributed by atoms with van der Waals surface area (Å²) in [5, 5.41) is 2.26. The molecule has 0 amide bonds. The fraction of sp³-hybridized carbons (Fsp3) is 0.281. The molecule has 0 bridgehead atoms. The number of carbonyl (C=O) groups excluding carboxylic acids is 1. The summed E-state index contributed by atoms with van der Waals surface area (Å²) in [5.74, 6) is 2.03. The Hall–Kier alpha value is -3.54. The van der Waals surface area contributed by atoms with Crippen LogP contribution in [0.5, 0.6) is 17.2 Å². The predicted molar refractivity (Wildman–Crippen MR) is 153 cm³/mol. The SMILES string of the molecule is COc1ccc2c(C(=O)c3ccc(OCCN4CCCCC4)cc3)c(-c3ccc(OC)c(Cl)c3)ccc2c1. The second-order valence-corrected chi connectivity index (χ2v) is 9.94. The molecule has 0 aliphatic carbocycles. The molecule has 1 heterocycles. The second-order valence-electron chi connectivity index (χ2n) is 9.53. The molecule has 0 radical (unpaired) electrons. The summed E-state index contributed by atoms with van der Waals surface area (Å²) < 4.78 is 16.7. The van der Waals surface area contributed by atoms with Crippen molar-refractivity contribution in [1.29, 1.82) is 0 Å². The van der Waals surface area contributed by atoms with Crippen molar-refractivity contribution in [3.05, 3.63) is 88.9 Å². The zero-order valence-electron chi connectivity index (χ0n) is 21.8. The molecular formula is C32H32ClNO4. The Morgan fingerprint density at radius 2 is 1.61 bits per heavy atom. The molecule has 1 aliphatic heterocycles. The maximum absolute atomic E-state index is 14.0. The van der Waals surface area contributed by atoms with Crippen molar-refractivity contribution in [2.24, 2.45) is 0 Å². The third-order valence-electron chi connectivity index (χ3n) is 7.16. The van der Waals surface area contributed by atoms with Crippen LogP contribution in [0.25, 0.3) is 21.9 Å². The predicted octanol–water partition coefficient (Wildman–Crippen LogP) is 7.27. The van der Waals surface area contributed by atoms with Crippen molar-refractivity contribution in [1.82, 2.24) is 4.90 Å². The first-order chi connectivity index (χ1) is 18.6. The van der Waals surface area contributed by atoms with Gasteiger partial charge in [-0.1, -0.05) is 36.2 Å². The van der Waals surface area contributed by atoms with E-state index in [2.05, 4.69) is 4.90 Å². The molecule has 0 saturated carbocycles. The molecule has 5 nitrogen and oxygen atoms in total. The number of hydrogen-bond donors (Lipinski definition) is 0. The van der Waals surface area contributed by atoms with E-state index in [4.69, 9.17) is 25.8 Å². The fourth-order valence-electron chi connectivity index (χ4n) is 5.08. The van der Waals surface area contributed by atoms with Gasteiger partial charge in [-0.25, -0.2) is 0 Å². The molecule has 1 aliphatic rings. The molecule has 196 valence electrons. The van der Waals surface area contributed by atoms with E-state index in [0.29, 0.717) is 28.5 Å². The minimum Gasteiger partial charge on any atom is -0.497 e. The Kier molecular flexibility index (Phi) is 8.16. The molecular weight excluding hydrogens is 498 g/mol. The van der Waals surface area contributed by atoms with Gasteiger partial charge in [0.25, 0.3) is 0 Å². The molecule has 5 rings (SSSR count). The van der Waals surface area contributed by atoms with Crippen LogP contribution in [0.4, 0.5) is 0 Å². The van der Waals surface area contributed by atoms with Gasteiger partial charge in [0.05, 0.1) is 19.2 Å². The monoisotopic (exact) mass is 529 g/mol. The molecule has 0 unspecified atom stereocenters. The molecule has 1 saturated heterocycles. The van der Waals surface area contributed by atoms with Gasteiger partial charge in [-0.2, -0.15) is 0 Å². The summed E-state index contributed by atoms with van der Waals surface area (Å²) in [6, 6.07) is 22.7. The van der Waals surface area contributed by atoms with Crippen LogP contribution in [0.2, 0.25) is 5.02 Å². The van der Waals surface area contributed by atoms with Crippen LogP contribution in [-0.2, 0) is 0 Å². The third kappa shape index (κ3) is 5.64. The average Bonchev–Trinajstić information content (AvgIpc) is 2.96. The number of halogens is 1. The summed E-state index contributed by atoms with van der Waals surface area (Å²) in [7, 11) is 3.22. The maximum atomic E-state index is 14.0. The molecule has 4 aromatic carbocycles. The summed E-state index contributed by atoms with van der Waals surface area (Å²) in [6.07, 6.45) is 3.86. The number of methoxy groups -OCH3 is 2. The standard InChI is InChI=1S/C32H32ClNO4/c1-36-26-12-14-28-23(20-26)8-13-27(24-9-15-30(37-2)29(33)21-24)31(28)32(35)22-6-10-25(11-7-22)38-19-18-34-16-4-3-5-17-34/h6-15,20-21H,3-5,16-19H2,1-2H3. The maximum Gasteiger partial charge on any atom is 0.194 e. The number of piperidine rings is 1. The van der Waals surface area contributed by atoms with Crippen molar-refractivity contribution in [2.75, 3.05) is 40.5 Å². The summed E-state index contributed by atoms with van der Waals surface area (Å²) in [6.45, 7) is 3.86. The van der Waals surface area contributed by atoms with Gasteiger partial charge in [-0.15, -0.1) is 0 Å². The van der Waals surface area contributed by atoms with E-state index in [1.54, 1.807) is 14.2 Å². The molecule has 1 fully saturated rings. The number of benzene rings is 4. The Balaban J connectivity index is 1.45. The second kappa shape index (κ2) is 11.9. The lowest BCUT2D eigenvalue weighted by molar-refractivity contribution is 0.104. The smallest absolute Gasteiger partial charge is 0.194 e. The van der Waals surface area contributed by atoms with Gasteiger partial charge in [0, 0.05) is 17.7 Å². The Bertz CT molecular complexity index is 1430. The van der Waals surface area contributed by atoms with E-state index in [0.717, 1.165) is 53.0 Å². The summed E-state index contributed by atoms with van der Waals surface area (Å²) in [4.78, 5) is 16.5. The number of nitrogens with zero attached hydrogens (tertiary/aromatic N) is 1. The fourth-order valence-corrected chi connectivity index (χ4v) is 5.33. The molecule has 4 aromatic rings. The van der Waals surface area contributed by atoms with Gasteiger partial charge in [-0.3, -0.25) is 9.69 Å². The molecule has 0 aromatic heterocycles. The van der Waals surface area contributed by atoms with Crippen LogP contribution in [0.15, 0.2) is 72.8 Å². The minimum atomic E-state index is -0.0671. The zero-order valence-corrected chi connectivity index (χ0v) is 22.6. The molecule has 0 atom stereocenters. The van der Waals surface area contributed by atoms with Gasteiger partial charge in [-0.05, 0) is 102 Å². The van der Waals surface area contributed by atoms with Crippen molar-refractivity contribution in [3.8, 4) is 28.4 Å². The largest absolute Gasteiger partial charge is 0.497 e. The van der Waals surface area contributed by atoms with Gasteiger partial charge in [0.2, 0.25) is 0 Å². The first kappa shape index (κ1) is 26.1. The lowest BCUT2D eigenvalue weighted by atomic mass is 9.89. The van der Waals surface area contributed by atoms with E-state index < -0.39 is 0 Å². The quantitative estimate of drug-likeness (QED) is 0.213. The highest BCUT2D eigenvalue weighted by atomic mass is 35.5. The van der Waals surface area contributed by atoms with E-state index in [1.807, 2.05) is 72.8 Å². The zero-order chi connectivity index (χ0) is 26.5. The minimum absolute atomic E-state index is 0.0671. The molecule has 0 spiro atoms. The average molecular weight is 530 g/mol. The lowest BCUT2D eigenvalue weighted by Crippen LogP contribution is -2.33. The number of likely N-dealkylation sites (tertiary alicyclic amines) is 1. The van der Waals surface area contributed by atoms with Gasteiger partial charge in [0.1, 0.15) is 23.9 Å². The van der Waals surface area contributed by atoms with E-state index >= 15 is 0 Å². The summed E-state index contributed by atoms with van der Waals surface area (Å²) >= 11 is 6.45. The van der Waals surface area contributed by atoms with Crippen LogP contribution in [0.1, 0.15) is 35.2 Å². The van der Waals surface area contributed by atoms with Gasteiger partial charge >= 0.3 is 0 Å². The number of fused-ring (bicyclic) bond motifs is 1. The van der Waals surface area contributed by atoms with Crippen LogP contribution < -0.4 is 14.2 Å². The van der Waals surface area contributed by atoms with E-state index in [9.17, 15) is 4.79 Å². The first-order valence-corrected chi connectivity index (χ1v) is 13.4. The summed E-state index contributed by atoms with van der Waals surface area (Å²) in [5.41, 5.74) is 2.86. The van der Waals surface area contributed by atoms with Crippen molar-refractivity contribution < 1.29 is 19.0 Å². The Morgan fingerprint density at radius 1 is 0.842 bits per heavy atom. The van der Waals surface area contributed by atoms with Gasteiger partial charge < -0.3 is 14.2 Å². The van der Waals surface area contributed by atoms with Crippen LogP contribution in [-0.4, -0.2) is 51.1 Å². The van der Waals surface area contributed by atoms with Crippen LogP contribution >= 0.6 is 11.6 Å². The number of ketones is 1. The Morgan fingerprint density at radius 3 is 2.32 bits per heavy atom. The van der Waals surface area contributed by atoms with E-state index in [1.165, 1.54) is 19.3 Å². The number of rotatable bonds is 9. The van der Waals surface area contributed by atoms with Crippen molar-refractivity contribution >= 4 is 28.2 Å². The Labute approximate surface area is 228 Å². The first-order valence-electron chi connectivity index (χ1n) is 13.0. The molecule has 0 N–H and O–H groups in total. The van der Waals surface area contributed by atoms with E-state index in [-0.39, 0.29) is 5.78 Å². The van der Waals surface area contributed by atoms with Crippen molar-refractivity contribution in [3.63, 3.8) is 0 Å². The van der Waals surface area contributed by atoms with Gasteiger partial charge in [0.15, 0.2) is 5.78 Å². The molecule has 6 heteroatoms. The van der Waals surface area contributed by atoms with Crippen LogP contribution in [0.3, 0.4) is 0 Å². The third-order valence-corrected chi connectivity index (χ3v) is 7.45. The van der Waals surface area contributed by atoms with Crippen molar-refractivity contribution in [2.45, 2.75) is 19.3 Å². The van der Waals surface area contributed by atoms with Crippen LogP contribution in [0, 0.1) is 0 Å². The number of hydrogen-bond acceptors (Lipinski definition) is 5. The highest BCUT2D eigenvalue weighted by Gasteiger charge is 2.20. The molecule has 38 heavy (non-hydrogen) atoms. The normalized spacial score (nSPS) is 13.9. The lowest BCUT2D eigenvalue weighted by Gasteiger charge is -2.26. The highest BCUT2D eigenvalue weighted by Crippen LogP contribution is 2.37. The number of carbonyl (C=O) groups is 1. The topological polar surface area (TPSA) is 48.0 Å². The highest BCUT2D eigenvalue weighted by molar-refractivity contribution is 6.32.